The van der Waals surface area contributed by atoms with Gasteiger partial charge in [0.1, 0.15) is 5.75 Å². The molecule has 1 N–H and O–H groups in total. The van der Waals surface area contributed by atoms with Gasteiger partial charge in [0.2, 0.25) is 0 Å². The van der Waals surface area contributed by atoms with Crippen LogP contribution in [0.3, 0.4) is 0 Å². The number of hydrogen-bond donors (Lipinski definition) is 1. The highest BCUT2D eigenvalue weighted by atomic mass is 16.3. The molecule has 0 radical (unpaired) electrons. The summed E-state index contributed by atoms with van der Waals surface area (Å²) in [7, 11) is 0. The van der Waals surface area contributed by atoms with Crippen LogP contribution in [0.25, 0.3) is 33.6 Å². The molecule has 0 saturated carbocycles. The summed E-state index contributed by atoms with van der Waals surface area (Å²) in [5, 5.41) is 10.3. The highest BCUT2D eigenvalue weighted by Gasteiger charge is 2.24. The van der Waals surface area contributed by atoms with Crippen LogP contribution in [0.4, 0.5) is 0 Å². The van der Waals surface area contributed by atoms with Gasteiger partial charge >= 0.3 is 0 Å². The first-order valence-corrected chi connectivity index (χ1v) is 8.62. The van der Waals surface area contributed by atoms with Crippen molar-refractivity contribution < 1.29 is 5.11 Å². The summed E-state index contributed by atoms with van der Waals surface area (Å²) in [5.41, 5.74) is 8.38. The molecule has 0 saturated heterocycles. The van der Waals surface area contributed by atoms with E-state index in [9.17, 15) is 5.11 Å². The van der Waals surface area contributed by atoms with Gasteiger partial charge in [-0.1, -0.05) is 42.5 Å². The number of phenols is 1. The van der Waals surface area contributed by atoms with E-state index in [1.54, 1.807) is 12.3 Å². The number of hydrogen-bond acceptors (Lipinski definition) is 3. The first kappa shape index (κ1) is 14.8. The number of pyridine rings is 2. The van der Waals surface area contributed by atoms with Gasteiger partial charge in [0, 0.05) is 35.5 Å². The Morgan fingerprint density at radius 3 is 2.42 bits per heavy atom. The van der Waals surface area contributed by atoms with E-state index >= 15 is 0 Å². The maximum absolute atomic E-state index is 10.3. The molecule has 0 atom stereocenters. The number of aromatic nitrogens is 2. The maximum atomic E-state index is 10.3. The van der Waals surface area contributed by atoms with Crippen LogP contribution in [-0.2, 0) is 6.42 Å². The van der Waals surface area contributed by atoms with Gasteiger partial charge in [-0.25, -0.2) is 4.98 Å². The summed E-state index contributed by atoms with van der Waals surface area (Å²) in [6.45, 7) is 0. The maximum Gasteiger partial charge on any atom is 0.124 e. The van der Waals surface area contributed by atoms with E-state index in [1.807, 2.05) is 36.5 Å². The van der Waals surface area contributed by atoms with Gasteiger partial charge < -0.3 is 5.11 Å². The molecule has 0 unspecified atom stereocenters. The molecule has 0 fully saturated rings. The number of benzene rings is 2. The third-order valence-corrected chi connectivity index (χ3v) is 4.92. The van der Waals surface area contributed by atoms with Crippen LogP contribution in [0.1, 0.15) is 11.1 Å². The van der Waals surface area contributed by atoms with E-state index in [0.717, 1.165) is 34.5 Å². The fourth-order valence-corrected chi connectivity index (χ4v) is 3.68. The molecule has 3 nitrogen and oxygen atoms in total. The number of fused-ring (bicyclic) bond motifs is 3. The lowest BCUT2D eigenvalue weighted by atomic mass is 9.97. The Morgan fingerprint density at radius 1 is 0.808 bits per heavy atom. The van der Waals surface area contributed by atoms with E-state index < -0.39 is 0 Å². The molecule has 2 aromatic heterocycles. The Morgan fingerprint density at radius 2 is 1.62 bits per heavy atom. The van der Waals surface area contributed by atoms with Gasteiger partial charge in [0.15, 0.2) is 0 Å². The number of rotatable bonds is 2. The van der Waals surface area contributed by atoms with E-state index in [0.29, 0.717) is 0 Å². The molecule has 5 rings (SSSR count). The fourth-order valence-electron chi connectivity index (χ4n) is 3.68. The third kappa shape index (κ3) is 2.29. The van der Waals surface area contributed by atoms with E-state index in [-0.39, 0.29) is 5.75 Å². The summed E-state index contributed by atoms with van der Waals surface area (Å²) in [6, 6.07) is 21.8. The van der Waals surface area contributed by atoms with Crippen molar-refractivity contribution in [3.05, 3.63) is 90.3 Å². The van der Waals surface area contributed by atoms with Gasteiger partial charge in [0.25, 0.3) is 0 Å². The number of nitrogens with zero attached hydrogens (tertiary/aromatic N) is 2. The molecular weight excluding hydrogens is 320 g/mol. The van der Waals surface area contributed by atoms with Crippen LogP contribution < -0.4 is 0 Å². The topological polar surface area (TPSA) is 46.0 Å². The number of aromatic hydroxyl groups is 1. The van der Waals surface area contributed by atoms with Crippen LogP contribution in [0, 0.1) is 0 Å². The second-order valence-corrected chi connectivity index (χ2v) is 6.47. The lowest BCUT2D eigenvalue weighted by Gasteiger charge is -2.12. The predicted molar refractivity (Wildman–Crippen MR) is 103 cm³/mol. The molecule has 4 aromatic rings. The second kappa shape index (κ2) is 5.81. The van der Waals surface area contributed by atoms with E-state index in [4.69, 9.17) is 4.98 Å². The average molecular weight is 336 g/mol. The van der Waals surface area contributed by atoms with Crippen molar-refractivity contribution in [1.82, 2.24) is 9.97 Å². The van der Waals surface area contributed by atoms with Gasteiger partial charge in [-0.15, -0.1) is 0 Å². The Hall–Kier alpha value is -3.46. The monoisotopic (exact) mass is 336 g/mol. The van der Waals surface area contributed by atoms with Crippen molar-refractivity contribution >= 4 is 0 Å². The molecule has 26 heavy (non-hydrogen) atoms. The van der Waals surface area contributed by atoms with Crippen molar-refractivity contribution in [2.75, 3.05) is 0 Å². The fraction of sp³-hybridized carbons (Fsp3) is 0.0435. The van der Waals surface area contributed by atoms with Crippen molar-refractivity contribution in [2.24, 2.45) is 0 Å². The molecule has 0 amide bonds. The lowest BCUT2D eigenvalue weighted by molar-refractivity contribution is 0.477. The smallest absolute Gasteiger partial charge is 0.124 e. The molecule has 0 aliphatic heterocycles. The molecule has 124 valence electrons. The van der Waals surface area contributed by atoms with Crippen LogP contribution in [0.2, 0.25) is 0 Å². The summed E-state index contributed by atoms with van der Waals surface area (Å²) < 4.78 is 0. The van der Waals surface area contributed by atoms with Crippen molar-refractivity contribution in [3.8, 4) is 39.4 Å². The van der Waals surface area contributed by atoms with E-state index in [1.165, 1.54) is 16.7 Å². The Bertz CT molecular complexity index is 1120. The molecule has 1 aliphatic carbocycles. The highest BCUT2D eigenvalue weighted by molar-refractivity contribution is 5.86. The molecule has 3 heteroatoms. The van der Waals surface area contributed by atoms with Crippen molar-refractivity contribution in [2.45, 2.75) is 6.42 Å². The normalized spacial score (nSPS) is 11.8. The van der Waals surface area contributed by atoms with Gasteiger partial charge in [0.05, 0.1) is 11.4 Å². The molecule has 0 bridgehead atoms. The molecule has 1 aliphatic rings. The van der Waals surface area contributed by atoms with E-state index in [2.05, 4.69) is 35.3 Å². The third-order valence-electron chi connectivity index (χ3n) is 4.92. The Balaban J connectivity index is 1.81. The Labute approximate surface area is 151 Å². The predicted octanol–water partition coefficient (Wildman–Crippen LogP) is 5.09. The quantitative estimate of drug-likeness (QED) is 0.488. The van der Waals surface area contributed by atoms with Crippen LogP contribution in [0.5, 0.6) is 5.75 Å². The zero-order valence-electron chi connectivity index (χ0n) is 14.1. The molecule has 2 aromatic carbocycles. The SMILES string of the molecule is Oc1ccccc1-c1cc(-c2cccnc2)c2c(n1)-c1ccccc1C2. The standard InChI is InChI=1S/C23H16N2O/c26-22-10-4-3-9-18(22)21-13-19(16-7-5-11-24-14-16)20-12-15-6-1-2-8-17(15)23(20)25-21/h1-11,13-14,26H,12H2. The van der Waals surface area contributed by atoms with Crippen LogP contribution >= 0.6 is 0 Å². The summed E-state index contributed by atoms with van der Waals surface area (Å²) >= 11 is 0. The van der Waals surface area contributed by atoms with Crippen molar-refractivity contribution in [1.29, 1.82) is 0 Å². The summed E-state index contributed by atoms with van der Waals surface area (Å²) in [5.74, 6) is 0.239. The molecule has 2 heterocycles. The van der Waals surface area contributed by atoms with Crippen LogP contribution in [-0.4, -0.2) is 15.1 Å². The zero-order chi connectivity index (χ0) is 17.5. The first-order chi connectivity index (χ1) is 12.8. The van der Waals surface area contributed by atoms with Crippen molar-refractivity contribution in [3.63, 3.8) is 0 Å². The van der Waals surface area contributed by atoms with Gasteiger partial charge in [-0.05, 0) is 41.0 Å². The van der Waals surface area contributed by atoms with Gasteiger partial charge in [-0.3, -0.25) is 4.98 Å². The van der Waals surface area contributed by atoms with Gasteiger partial charge in [-0.2, -0.15) is 0 Å². The number of para-hydroxylation sites is 1. The lowest BCUT2D eigenvalue weighted by Crippen LogP contribution is -1.95. The minimum absolute atomic E-state index is 0.239. The highest BCUT2D eigenvalue weighted by Crippen LogP contribution is 2.43. The average Bonchev–Trinajstić information content (AvgIpc) is 3.07. The number of phenolic OH excluding ortho intramolecular Hbond substituents is 1. The zero-order valence-corrected chi connectivity index (χ0v) is 14.1. The first-order valence-electron chi connectivity index (χ1n) is 8.62. The summed E-state index contributed by atoms with van der Waals surface area (Å²) in [6.07, 6.45) is 4.53. The molecular formula is C23H16N2O. The summed E-state index contributed by atoms with van der Waals surface area (Å²) in [4.78, 5) is 9.22. The molecule has 0 spiro atoms. The van der Waals surface area contributed by atoms with Crippen LogP contribution in [0.15, 0.2) is 79.1 Å². The largest absolute Gasteiger partial charge is 0.507 e. The Kier molecular flexibility index (Phi) is 3.32. The minimum atomic E-state index is 0.239. The second-order valence-electron chi connectivity index (χ2n) is 6.47. The minimum Gasteiger partial charge on any atom is -0.507 e.